The number of hydrogen-bond acceptors (Lipinski definition) is 7. The number of likely N-dealkylation sites (N-methyl/N-ethyl adjacent to an activating group) is 2. The maximum absolute atomic E-state index is 13.1. The number of H-pyrrole nitrogens is 1. The molecule has 1 aromatic heterocycles. The summed E-state index contributed by atoms with van der Waals surface area (Å²) >= 11 is 0. The normalized spacial score (nSPS) is 14.6. The van der Waals surface area contributed by atoms with E-state index in [1.807, 2.05) is 101 Å². The van der Waals surface area contributed by atoms with Gasteiger partial charge in [-0.25, -0.2) is 4.79 Å². The van der Waals surface area contributed by atoms with E-state index >= 15 is 0 Å². The number of nitrogens with zero attached hydrogens (tertiary/aromatic N) is 2. The molecule has 300 valence electrons. The van der Waals surface area contributed by atoms with E-state index < -0.39 is 5.76 Å². The molecule has 0 saturated carbocycles. The molecule has 0 aliphatic carbocycles. The summed E-state index contributed by atoms with van der Waals surface area (Å²) in [6.07, 6.45) is 2.74. The summed E-state index contributed by atoms with van der Waals surface area (Å²) in [4.78, 5) is 58.7. The molecule has 0 saturated heterocycles. The predicted octanol–water partition coefficient (Wildman–Crippen LogP) is 5.77. The minimum absolute atomic E-state index is 0.00244. The number of carbonyl (C=O) groups excluding carboxylic acids is 3. The summed E-state index contributed by atoms with van der Waals surface area (Å²) in [5.74, 6) is -0.398. The third-order valence-electron chi connectivity index (χ3n) is 11.4. The highest BCUT2D eigenvalue weighted by Gasteiger charge is 2.27. The number of carbonyl (C=O) groups is 3. The highest BCUT2D eigenvalue weighted by Crippen LogP contribution is 2.34. The van der Waals surface area contributed by atoms with E-state index in [1.165, 1.54) is 0 Å². The molecule has 6 rings (SSSR count). The average molecular weight is 773 g/mol. The molecule has 1 aliphatic rings. The lowest BCUT2D eigenvalue weighted by molar-refractivity contribution is -0.122. The molecule has 4 atom stereocenters. The van der Waals surface area contributed by atoms with Crippen LogP contribution in [-0.2, 0) is 40.1 Å². The highest BCUT2D eigenvalue weighted by molar-refractivity contribution is 6.00. The Kier molecular flexibility index (Phi) is 13.4. The van der Waals surface area contributed by atoms with Gasteiger partial charge in [0.2, 0.25) is 17.7 Å². The van der Waals surface area contributed by atoms with Crippen molar-refractivity contribution in [3.05, 3.63) is 134 Å². The molecule has 0 radical (unpaired) electrons. The van der Waals surface area contributed by atoms with Gasteiger partial charge in [0.15, 0.2) is 5.58 Å². The van der Waals surface area contributed by atoms with E-state index in [0.717, 1.165) is 44.6 Å². The smallest absolute Gasteiger partial charge is 0.408 e. The summed E-state index contributed by atoms with van der Waals surface area (Å²) in [6, 6.07) is 28.1. The van der Waals surface area contributed by atoms with Crippen molar-refractivity contribution in [1.82, 2.24) is 25.4 Å². The summed E-state index contributed by atoms with van der Waals surface area (Å²) in [5, 5.41) is 9.34. The van der Waals surface area contributed by atoms with Crippen LogP contribution in [-0.4, -0.2) is 85.9 Å². The van der Waals surface area contributed by atoms with Crippen LogP contribution in [0.5, 0.6) is 0 Å². The molecule has 1 aliphatic heterocycles. The van der Waals surface area contributed by atoms with Crippen molar-refractivity contribution in [2.75, 3.05) is 46.6 Å². The molecule has 4 N–H and O–H groups in total. The predicted molar refractivity (Wildman–Crippen MR) is 226 cm³/mol. The van der Waals surface area contributed by atoms with Gasteiger partial charge in [0, 0.05) is 50.1 Å². The van der Waals surface area contributed by atoms with E-state index in [9.17, 15) is 19.2 Å². The second-order valence-corrected chi connectivity index (χ2v) is 16.1. The number of rotatable bonds is 18. The number of aromatic nitrogens is 1. The van der Waals surface area contributed by atoms with E-state index in [2.05, 4.69) is 56.7 Å². The second-order valence-electron chi connectivity index (χ2n) is 16.1. The summed E-state index contributed by atoms with van der Waals surface area (Å²) < 4.78 is 5.65. The van der Waals surface area contributed by atoms with Crippen LogP contribution in [0.1, 0.15) is 77.5 Å². The zero-order valence-electron chi connectivity index (χ0n) is 34.0. The topological polar surface area (TPSA) is 140 Å². The first-order valence-electron chi connectivity index (χ1n) is 19.9. The van der Waals surface area contributed by atoms with Gasteiger partial charge in [0.05, 0.1) is 11.9 Å². The lowest BCUT2D eigenvalue weighted by atomic mass is 9.88. The zero-order valence-corrected chi connectivity index (χ0v) is 34.0. The third kappa shape index (κ3) is 10.7. The van der Waals surface area contributed by atoms with E-state index in [0.29, 0.717) is 56.3 Å². The van der Waals surface area contributed by atoms with Gasteiger partial charge < -0.3 is 30.2 Å². The molecule has 11 heteroatoms. The first kappa shape index (κ1) is 41.1. The summed E-state index contributed by atoms with van der Waals surface area (Å²) in [7, 11) is 8.02. The summed E-state index contributed by atoms with van der Waals surface area (Å²) in [6.45, 7) is 5.04. The Morgan fingerprint density at radius 1 is 0.737 bits per heavy atom. The van der Waals surface area contributed by atoms with Crippen LogP contribution in [0.2, 0.25) is 0 Å². The van der Waals surface area contributed by atoms with Gasteiger partial charge in [0.25, 0.3) is 0 Å². The number of benzene rings is 4. The van der Waals surface area contributed by atoms with Gasteiger partial charge in [-0.05, 0) is 104 Å². The van der Waals surface area contributed by atoms with Gasteiger partial charge in [-0.1, -0.05) is 86.6 Å². The van der Waals surface area contributed by atoms with Crippen LogP contribution in [0, 0.1) is 0 Å². The molecule has 0 spiro atoms. The molecule has 0 fully saturated rings. The number of anilines is 1. The van der Waals surface area contributed by atoms with E-state index in [4.69, 9.17) is 4.42 Å². The Labute approximate surface area is 335 Å². The maximum atomic E-state index is 13.1. The SMILES string of the molecule is C[C@@H](CC(=O)NC[C@H](Cc1cc(Cc2c(C[C@@H](CNC(=O)C[C@H](C)c3ccccc3)N(C)C)ccc3c2CC(=O)N3)c2[nH]c(=O)oc2c1)N(C)C)c1ccccc1. The number of fused-ring (bicyclic) bond motifs is 2. The molecule has 2 heterocycles. The van der Waals surface area contributed by atoms with Crippen LogP contribution in [0.15, 0.2) is 94.1 Å². The van der Waals surface area contributed by atoms with Crippen molar-refractivity contribution < 1.29 is 18.8 Å². The van der Waals surface area contributed by atoms with Crippen molar-refractivity contribution in [3.63, 3.8) is 0 Å². The Morgan fingerprint density at radius 3 is 1.86 bits per heavy atom. The molecule has 4 aromatic carbocycles. The fourth-order valence-corrected chi connectivity index (χ4v) is 7.82. The van der Waals surface area contributed by atoms with E-state index in [-0.39, 0.29) is 48.1 Å². The minimum atomic E-state index is -0.535. The second kappa shape index (κ2) is 18.6. The first-order valence-corrected chi connectivity index (χ1v) is 19.9. The number of hydrogen-bond donors (Lipinski definition) is 4. The zero-order chi connectivity index (χ0) is 40.6. The van der Waals surface area contributed by atoms with Crippen LogP contribution in [0.25, 0.3) is 11.1 Å². The molecule has 3 amide bonds. The van der Waals surface area contributed by atoms with Crippen LogP contribution in [0.4, 0.5) is 5.69 Å². The molecule has 0 bridgehead atoms. The quantitative estimate of drug-likeness (QED) is 0.0887. The van der Waals surface area contributed by atoms with Crippen LogP contribution >= 0.6 is 0 Å². The molecule has 11 nitrogen and oxygen atoms in total. The molecule has 5 aromatic rings. The standard InChI is InChI=1S/C46H56N6O5/c1-29(32-13-9-7-10-14-32)19-42(53)47-27-36(51(3)4)22-31-21-35(45-41(23-31)57-46(56)50-45)25-38-34(17-18-40-39(38)26-44(55)49-40)24-37(52(5)6)28-48-43(54)20-30(2)33-15-11-8-12-16-33/h7-18,21,23,29-30,36-37H,19-20,22,24-28H2,1-6H3,(H,47,53)(H,48,54)(H,49,55)(H,50,56)/t29-,30-,36-,37-/m0/s1. The fourth-order valence-electron chi connectivity index (χ4n) is 7.82. The van der Waals surface area contributed by atoms with Gasteiger partial charge in [-0.15, -0.1) is 0 Å². The van der Waals surface area contributed by atoms with Crippen LogP contribution < -0.4 is 21.7 Å². The van der Waals surface area contributed by atoms with Gasteiger partial charge >= 0.3 is 5.76 Å². The minimum Gasteiger partial charge on any atom is -0.408 e. The molecule has 57 heavy (non-hydrogen) atoms. The number of nitrogens with one attached hydrogen (secondary N) is 4. The molecule has 0 unspecified atom stereocenters. The lowest BCUT2D eigenvalue weighted by Gasteiger charge is -2.27. The maximum Gasteiger partial charge on any atom is 0.417 e. The molecular formula is C46H56N6O5. The number of oxazole rings is 1. The van der Waals surface area contributed by atoms with Crippen LogP contribution in [0.3, 0.4) is 0 Å². The van der Waals surface area contributed by atoms with Gasteiger partial charge in [-0.3, -0.25) is 19.4 Å². The number of amides is 3. The summed E-state index contributed by atoms with van der Waals surface area (Å²) in [5.41, 5.74) is 9.02. The van der Waals surface area contributed by atoms with Crippen molar-refractivity contribution in [1.29, 1.82) is 0 Å². The Bertz CT molecular complexity index is 2230. The average Bonchev–Trinajstić information content (AvgIpc) is 3.77. The lowest BCUT2D eigenvalue weighted by Crippen LogP contribution is -2.42. The third-order valence-corrected chi connectivity index (χ3v) is 11.4. The van der Waals surface area contributed by atoms with Crippen molar-refractivity contribution >= 4 is 34.5 Å². The van der Waals surface area contributed by atoms with Gasteiger partial charge in [0.1, 0.15) is 0 Å². The number of aromatic amines is 1. The monoisotopic (exact) mass is 772 g/mol. The molecular weight excluding hydrogens is 717 g/mol. The Balaban J connectivity index is 1.21. The van der Waals surface area contributed by atoms with E-state index in [1.54, 1.807) is 0 Å². The van der Waals surface area contributed by atoms with Gasteiger partial charge in [-0.2, -0.15) is 0 Å². The Hall–Kier alpha value is -5.52. The van der Waals surface area contributed by atoms with Crippen molar-refractivity contribution in [2.45, 2.75) is 76.3 Å². The first-order chi connectivity index (χ1) is 27.3. The van der Waals surface area contributed by atoms with Crippen molar-refractivity contribution in [3.8, 4) is 0 Å². The fraction of sp³-hybridized carbons (Fsp3) is 0.391. The largest absolute Gasteiger partial charge is 0.417 e. The Morgan fingerprint density at radius 2 is 1.30 bits per heavy atom. The highest BCUT2D eigenvalue weighted by atomic mass is 16.4. The van der Waals surface area contributed by atoms with Crippen molar-refractivity contribution in [2.24, 2.45) is 0 Å².